The van der Waals surface area contributed by atoms with Gasteiger partial charge < -0.3 is 24.8 Å². The molecule has 0 atom stereocenters. The van der Waals surface area contributed by atoms with E-state index in [2.05, 4.69) is 94.3 Å². The largest absolute Gasteiger partial charge is 4.00 e. The number of halogens is 2. The second-order valence-electron chi connectivity index (χ2n) is 7.40. The van der Waals surface area contributed by atoms with Crippen LogP contribution in [0.25, 0.3) is 32.6 Å². The van der Waals surface area contributed by atoms with E-state index in [0.717, 1.165) is 6.42 Å². The van der Waals surface area contributed by atoms with Crippen LogP contribution in [0.2, 0.25) is 0 Å². The average molecular weight is 477 g/mol. The molecule has 0 spiro atoms. The summed E-state index contributed by atoms with van der Waals surface area (Å²) in [7, 11) is 0. The molecule has 0 nitrogen and oxygen atoms in total. The maximum absolute atomic E-state index is 3.26. The Morgan fingerprint density at radius 1 is 0.839 bits per heavy atom. The molecule has 1 aliphatic carbocycles. The first kappa shape index (κ1) is 27.4. The maximum atomic E-state index is 3.26. The van der Waals surface area contributed by atoms with E-state index in [1.165, 1.54) is 49.3 Å². The third-order valence-corrected chi connectivity index (χ3v) is 5.22. The zero-order chi connectivity index (χ0) is 19.5. The van der Waals surface area contributed by atoms with Crippen LogP contribution in [-0.4, -0.2) is 6.91 Å². The van der Waals surface area contributed by atoms with Crippen molar-refractivity contribution in [2.45, 2.75) is 27.2 Å². The number of benzene rings is 3. The first-order valence-electron chi connectivity index (χ1n) is 9.76. The third-order valence-electron chi connectivity index (χ3n) is 5.22. The Morgan fingerprint density at radius 3 is 2.16 bits per heavy atom. The van der Waals surface area contributed by atoms with E-state index >= 15 is 0 Å². The van der Waals surface area contributed by atoms with Crippen LogP contribution in [0.5, 0.6) is 0 Å². The van der Waals surface area contributed by atoms with Crippen LogP contribution >= 0.6 is 0 Å². The molecule has 3 aromatic carbocycles. The predicted octanol–water partition coefficient (Wildman–Crippen LogP) is 1.03. The van der Waals surface area contributed by atoms with Gasteiger partial charge in [0, 0.05) is 0 Å². The molecule has 1 aromatic heterocycles. The van der Waals surface area contributed by atoms with Gasteiger partial charge in [0.2, 0.25) is 0 Å². The fourth-order valence-corrected chi connectivity index (χ4v) is 4.13. The Balaban J connectivity index is 0.000000534. The van der Waals surface area contributed by atoms with Gasteiger partial charge >= 0.3 is 159 Å². The van der Waals surface area contributed by atoms with E-state index in [9.17, 15) is 0 Å². The molecule has 1 heterocycles. The summed E-state index contributed by atoms with van der Waals surface area (Å²) in [6.07, 6.45) is 10.0. The molecule has 0 amide bonds. The van der Waals surface area contributed by atoms with Crippen LogP contribution in [0.15, 0.2) is 72.8 Å². The zero-order valence-corrected chi connectivity index (χ0v) is 21.0. The van der Waals surface area contributed by atoms with Gasteiger partial charge in [0.05, 0.1) is 0 Å². The summed E-state index contributed by atoms with van der Waals surface area (Å²) in [6, 6.07) is 19.7. The van der Waals surface area contributed by atoms with Crippen molar-refractivity contribution in [2.24, 2.45) is 0 Å². The molecule has 0 bridgehead atoms. The monoisotopic (exact) mass is 476 g/mol. The van der Waals surface area contributed by atoms with Crippen LogP contribution in [0.4, 0.5) is 0 Å². The number of hydrogen-bond donors (Lipinski definition) is 0. The Labute approximate surface area is 213 Å². The van der Waals surface area contributed by atoms with E-state index in [-0.39, 0.29) is 46.5 Å². The Morgan fingerprint density at radius 2 is 1.55 bits per heavy atom. The summed E-state index contributed by atoms with van der Waals surface area (Å²) >= 11 is 0. The minimum absolute atomic E-state index is 0. The molecule has 4 aromatic rings. The van der Waals surface area contributed by atoms with Gasteiger partial charge in [-0.15, -0.1) is 6.42 Å². The van der Waals surface area contributed by atoms with Crippen LogP contribution in [0.1, 0.15) is 23.1 Å². The summed E-state index contributed by atoms with van der Waals surface area (Å²) in [6.45, 7) is 8.72. The first-order chi connectivity index (χ1) is 13.6. The molecule has 0 unspecified atom stereocenters. The standard InChI is InChI=1S/C22H18B.C5H5.2ClH.Ti/c1-14-11-15(2)20(16(3)12-14)21-19-9-5-4-7-17(19)13-18-8-6-10-23-22(18)21;1-2-4-5-3-1;;;/h4-9,11-13H,1-3H3;1-3H,4H2;2*1H;/q2*-1;;;+4/p-2. The first-order valence-corrected chi connectivity index (χ1v) is 9.76. The van der Waals surface area contributed by atoms with Crippen molar-refractivity contribution in [1.29, 1.82) is 0 Å². The summed E-state index contributed by atoms with van der Waals surface area (Å²) in [5.74, 6) is 3.26. The molecule has 1 aliphatic rings. The molecular weight excluding hydrogens is 454 g/mol. The van der Waals surface area contributed by atoms with E-state index in [1.54, 1.807) is 0 Å². The van der Waals surface area contributed by atoms with E-state index < -0.39 is 0 Å². The van der Waals surface area contributed by atoms with Crippen molar-refractivity contribution in [3.63, 3.8) is 0 Å². The molecule has 0 saturated carbocycles. The fraction of sp³-hybridized carbons (Fsp3) is 0.148. The number of aryl methyl sites for hydroxylation is 3. The Kier molecular flexibility index (Phi) is 11.0. The van der Waals surface area contributed by atoms with Gasteiger partial charge in [-0.1, -0.05) is 0 Å². The summed E-state index contributed by atoms with van der Waals surface area (Å²) < 4.78 is 0. The van der Waals surface area contributed by atoms with Gasteiger partial charge in [-0.25, -0.2) is 12.2 Å². The van der Waals surface area contributed by atoms with Gasteiger partial charge in [-0.05, 0) is 0 Å². The number of fused-ring (bicyclic) bond motifs is 2. The second kappa shape index (κ2) is 12.4. The van der Waals surface area contributed by atoms with Gasteiger partial charge in [-0.2, -0.15) is 6.08 Å². The third kappa shape index (κ3) is 5.99. The normalized spacial score (nSPS) is 11.1. The molecule has 0 N–H and O–H groups in total. The SMILES string of the molecule is Cc1cc(C)c(-c2c3b[c-]ccc3cc3ccccc23)c(C)c1.[C-]1=CC=CC1.[Cl-].[Cl-].[Ti+4]. The minimum Gasteiger partial charge on any atom is -1.00 e. The molecule has 0 fully saturated rings. The van der Waals surface area contributed by atoms with Crippen molar-refractivity contribution in [3.05, 3.63) is 102 Å². The smallest absolute Gasteiger partial charge is 1.00 e. The maximum Gasteiger partial charge on any atom is 4.00 e. The van der Waals surface area contributed by atoms with Crippen molar-refractivity contribution in [3.8, 4) is 11.1 Å². The molecule has 0 radical (unpaired) electrons. The van der Waals surface area contributed by atoms with Crippen molar-refractivity contribution < 1.29 is 46.5 Å². The Hall–Kier alpha value is -1.63. The van der Waals surface area contributed by atoms with Crippen LogP contribution < -0.4 is 24.8 Å². The quantitative estimate of drug-likeness (QED) is 0.219. The van der Waals surface area contributed by atoms with Crippen LogP contribution in [0, 0.1) is 32.8 Å². The van der Waals surface area contributed by atoms with Crippen molar-refractivity contribution in [2.75, 3.05) is 0 Å². The van der Waals surface area contributed by atoms with E-state index in [1.807, 2.05) is 18.2 Å². The van der Waals surface area contributed by atoms with Crippen LogP contribution in [-0.2, 0) is 21.7 Å². The second-order valence-corrected chi connectivity index (χ2v) is 7.40. The molecule has 0 saturated heterocycles. The Bertz CT molecular complexity index is 1140. The topological polar surface area (TPSA) is 0 Å². The average Bonchev–Trinajstić information content (AvgIpc) is 3.27. The zero-order valence-electron chi connectivity index (χ0n) is 18.0. The molecule has 4 heteroatoms. The van der Waals surface area contributed by atoms with Gasteiger partial charge in [0.15, 0.2) is 0 Å². The molecular formula is C27H23BCl2Ti. The van der Waals surface area contributed by atoms with Crippen molar-refractivity contribution >= 4 is 28.4 Å². The molecule has 31 heavy (non-hydrogen) atoms. The van der Waals surface area contributed by atoms with Crippen molar-refractivity contribution in [1.82, 2.24) is 0 Å². The number of allylic oxidation sites excluding steroid dienone is 4. The molecule has 5 rings (SSSR count). The van der Waals surface area contributed by atoms with Crippen LogP contribution in [0.3, 0.4) is 0 Å². The number of rotatable bonds is 1. The number of hydrogen-bond acceptors (Lipinski definition) is 0. The van der Waals surface area contributed by atoms with Gasteiger partial charge in [0.1, 0.15) is 0 Å². The molecule has 0 aliphatic heterocycles. The predicted molar refractivity (Wildman–Crippen MR) is 123 cm³/mol. The summed E-state index contributed by atoms with van der Waals surface area (Å²) in [5.41, 5.74) is 6.69. The summed E-state index contributed by atoms with van der Waals surface area (Å²) in [4.78, 5) is 0. The minimum atomic E-state index is 0. The molecule has 152 valence electrons. The van der Waals surface area contributed by atoms with Gasteiger partial charge in [0.25, 0.3) is 0 Å². The summed E-state index contributed by atoms with van der Waals surface area (Å²) in [5, 5.41) is 5.16. The van der Waals surface area contributed by atoms with E-state index in [0.29, 0.717) is 0 Å². The fourth-order valence-electron chi connectivity index (χ4n) is 4.13. The van der Waals surface area contributed by atoms with Gasteiger partial charge in [-0.3, -0.25) is 6.08 Å². The van der Waals surface area contributed by atoms with E-state index in [4.69, 9.17) is 0 Å².